The highest BCUT2D eigenvalue weighted by Crippen LogP contribution is 2.48. The van der Waals surface area contributed by atoms with E-state index in [4.69, 9.17) is 11.6 Å². The van der Waals surface area contributed by atoms with Gasteiger partial charge in [0.1, 0.15) is 5.15 Å². The van der Waals surface area contributed by atoms with Gasteiger partial charge in [-0.2, -0.15) is 8.78 Å². The van der Waals surface area contributed by atoms with Crippen molar-refractivity contribution in [2.45, 2.75) is 50.6 Å². The van der Waals surface area contributed by atoms with Gasteiger partial charge in [0.25, 0.3) is 0 Å². The summed E-state index contributed by atoms with van der Waals surface area (Å²) in [5, 5.41) is 10.3. The number of halogens is 3. The summed E-state index contributed by atoms with van der Waals surface area (Å²) in [6, 6.07) is 9.96. The molecule has 1 heterocycles. The Morgan fingerprint density at radius 3 is 2.58 bits per heavy atom. The van der Waals surface area contributed by atoms with Crippen LogP contribution in [0.4, 0.5) is 8.78 Å². The van der Waals surface area contributed by atoms with Crippen LogP contribution < -0.4 is 0 Å². The number of aromatic nitrogens is 1. The first-order valence-corrected chi connectivity index (χ1v) is 8.96. The van der Waals surface area contributed by atoms with Gasteiger partial charge in [0, 0.05) is 23.6 Å². The molecular weight excluding hydrogens is 360 g/mol. The Hall–Kier alpha value is -1.85. The zero-order valence-corrected chi connectivity index (χ0v) is 15.3. The zero-order chi connectivity index (χ0) is 19.1. The highest BCUT2D eigenvalue weighted by atomic mass is 35.5. The predicted octanol–water partition coefficient (Wildman–Crippen LogP) is 5.13. The van der Waals surface area contributed by atoms with Crippen LogP contribution in [-0.4, -0.2) is 15.9 Å². The molecule has 6 heteroatoms. The Labute approximate surface area is 156 Å². The van der Waals surface area contributed by atoms with E-state index in [0.717, 1.165) is 0 Å². The molecule has 1 N–H and O–H groups in total. The molecule has 26 heavy (non-hydrogen) atoms. The molecular formula is C20H20ClF2NO2. The summed E-state index contributed by atoms with van der Waals surface area (Å²) in [4.78, 5) is 16.5. The summed E-state index contributed by atoms with van der Waals surface area (Å²) in [6.07, 6.45) is -1.03. The maximum Gasteiger partial charge on any atom is 0.331 e. The van der Waals surface area contributed by atoms with Crippen molar-refractivity contribution in [1.82, 2.24) is 4.98 Å². The summed E-state index contributed by atoms with van der Waals surface area (Å²) in [7, 11) is 0. The smallest absolute Gasteiger partial charge is 0.331 e. The molecule has 138 valence electrons. The Kier molecular flexibility index (Phi) is 5.13. The van der Waals surface area contributed by atoms with Gasteiger partial charge in [-0.3, -0.25) is 4.79 Å². The average molecular weight is 380 g/mol. The Morgan fingerprint density at radius 1 is 1.23 bits per heavy atom. The summed E-state index contributed by atoms with van der Waals surface area (Å²) < 4.78 is 29.8. The number of fused-ring (bicyclic) bond motifs is 1. The zero-order valence-electron chi connectivity index (χ0n) is 14.5. The maximum absolute atomic E-state index is 14.9. The van der Waals surface area contributed by atoms with Crippen LogP contribution in [0, 0.1) is 0 Å². The third-order valence-corrected chi connectivity index (χ3v) is 5.34. The molecule has 1 aliphatic carbocycles. The van der Waals surface area contributed by atoms with Crippen LogP contribution in [0.1, 0.15) is 67.0 Å². The number of nitrogens with zero attached hydrogens (tertiary/aromatic N) is 1. The summed E-state index contributed by atoms with van der Waals surface area (Å²) in [5.41, 5.74) is 0.831. The standard InChI is InChI=1S/C20H20ClF2NO2/c1-11(16-7-4-8-18(21)24-16)13-9-10-17(26)20(22,23)19-14(12(2)25)5-3-6-15(13)19/h3-8,11-13,25H,9-10H2,1-2H3/t11?,12-,13?/m0/s1. The van der Waals surface area contributed by atoms with Crippen molar-refractivity contribution in [3.63, 3.8) is 0 Å². The van der Waals surface area contributed by atoms with Gasteiger partial charge in [-0.05, 0) is 42.5 Å². The minimum atomic E-state index is -3.61. The van der Waals surface area contributed by atoms with Crippen molar-refractivity contribution >= 4 is 17.4 Å². The largest absolute Gasteiger partial charge is 0.389 e. The first-order chi connectivity index (χ1) is 12.2. The van der Waals surface area contributed by atoms with Gasteiger partial charge in [0.15, 0.2) is 0 Å². The van der Waals surface area contributed by atoms with E-state index < -0.39 is 17.8 Å². The van der Waals surface area contributed by atoms with Crippen LogP contribution in [0.3, 0.4) is 0 Å². The number of hydrogen-bond donors (Lipinski definition) is 1. The molecule has 3 atom stereocenters. The summed E-state index contributed by atoms with van der Waals surface area (Å²) in [5.74, 6) is -5.26. The van der Waals surface area contributed by atoms with Gasteiger partial charge in [-0.15, -0.1) is 0 Å². The molecule has 0 fully saturated rings. The fourth-order valence-corrected chi connectivity index (χ4v) is 3.92. The third-order valence-electron chi connectivity index (χ3n) is 5.13. The lowest BCUT2D eigenvalue weighted by Crippen LogP contribution is -2.27. The molecule has 2 unspecified atom stereocenters. The van der Waals surface area contributed by atoms with Gasteiger partial charge in [-0.1, -0.05) is 42.8 Å². The van der Waals surface area contributed by atoms with Gasteiger partial charge >= 0.3 is 5.92 Å². The molecule has 3 rings (SSSR count). The van der Waals surface area contributed by atoms with Crippen LogP contribution in [-0.2, 0) is 10.7 Å². The van der Waals surface area contributed by atoms with E-state index in [9.17, 15) is 18.7 Å². The van der Waals surface area contributed by atoms with E-state index >= 15 is 0 Å². The molecule has 0 radical (unpaired) electrons. The fourth-order valence-electron chi connectivity index (χ4n) is 3.75. The van der Waals surface area contributed by atoms with Gasteiger partial charge < -0.3 is 5.11 Å². The number of benzene rings is 1. The average Bonchev–Trinajstić information content (AvgIpc) is 2.70. The monoisotopic (exact) mass is 379 g/mol. The van der Waals surface area contributed by atoms with E-state index in [2.05, 4.69) is 4.98 Å². The fraction of sp³-hybridized carbons (Fsp3) is 0.400. The molecule has 1 aromatic carbocycles. The van der Waals surface area contributed by atoms with Crippen molar-refractivity contribution in [3.05, 3.63) is 63.9 Å². The molecule has 0 saturated heterocycles. The van der Waals surface area contributed by atoms with Crippen molar-refractivity contribution < 1.29 is 18.7 Å². The number of aliphatic hydroxyl groups is 1. The molecule has 3 nitrogen and oxygen atoms in total. The number of aliphatic hydroxyl groups excluding tert-OH is 1. The number of carbonyl (C=O) groups is 1. The molecule has 2 aromatic rings. The number of Topliss-reactive ketones (excluding diaryl/α,β-unsaturated/α-hetero) is 1. The van der Waals surface area contributed by atoms with Gasteiger partial charge in [0.05, 0.1) is 6.10 Å². The van der Waals surface area contributed by atoms with E-state index in [1.807, 2.05) is 6.92 Å². The lowest BCUT2D eigenvalue weighted by atomic mass is 9.79. The van der Waals surface area contributed by atoms with Crippen molar-refractivity contribution in [2.75, 3.05) is 0 Å². The normalized spacial score (nSPS) is 21.6. The maximum atomic E-state index is 14.9. The Bertz CT molecular complexity index is 838. The highest BCUT2D eigenvalue weighted by Gasteiger charge is 2.48. The lowest BCUT2D eigenvalue weighted by molar-refractivity contribution is -0.144. The van der Waals surface area contributed by atoms with E-state index in [1.165, 1.54) is 13.0 Å². The number of alkyl halides is 2. The predicted molar refractivity (Wildman–Crippen MR) is 95.6 cm³/mol. The molecule has 1 aliphatic rings. The number of pyridine rings is 1. The van der Waals surface area contributed by atoms with Crippen molar-refractivity contribution in [1.29, 1.82) is 0 Å². The second kappa shape index (κ2) is 7.05. The van der Waals surface area contributed by atoms with E-state index in [0.29, 0.717) is 22.8 Å². The van der Waals surface area contributed by atoms with E-state index in [1.54, 1.807) is 30.3 Å². The molecule has 0 spiro atoms. The number of carbonyl (C=O) groups excluding carboxylic acids is 1. The first kappa shape index (κ1) is 18.9. The van der Waals surface area contributed by atoms with Crippen LogP contribution >= 0.6 is 11.6 Å². The molecule has 1 aromatic heterocycles. The van der Waals surface area contributed by atoms with Gasteiger partial charge in [0.2, 0.25) is 5.78 Å². The molecule has 0 aliphatic heterocycles. The topological polar surface area (TPSA) is 50.2 Å². The second-order valence-electron chi connectivity index (χ2n) is 6.80. The SMILES string of the molecule is CC(c1cccc(Cl)n1)C1CCC(=O)C(F)(F)c2c1cccc2[C@H](C)O. The minimum absolute atomic E-state index is 0.0963. The van der Waals surface area contributed by atoms with Crippen LogP contribution in [0.25, 0.3) is 0 Å². The second-order valence-corrected chi connectivity index (χ2v) is 7.19. The quantitative estimate of drug-likeness (QED) is 0.594. The summed E-state index contributed by atoms with van der Waals surface area (Å²) >= 11 is 5.98. The van der Waals surface area contributed by atoms with Gasteiger partial charge in [-0.25, -0.2) is 4.98 Å². The highest BCUT2D eigenvalue weighted by molar-refractivity contribution is 6.29. The lowest BCUT2D eigenvalue weighted by Gasteiger charge is -2.27. The minimum Gasteiger partial charge on any atom is -0.389 e. The third kappa shape index (κ3) is 3.26. The molecule has 0 saturated carbocycles. The van der Waals surface area contributed by atoms with Crippen LogP contribution in [0.5, 0.6) is 0 Å². The van der Waals surface area contributed by atoms with Crippen LogP contribution in [0.15, 0.2) is 36.4 Å². The summed E-state index contributed by atoms with van der Waals surface area (Å²) in [6.45, 7) is 3.33. The van der Waals surface area contributed by atoms with E-state index in [-0.39, 0.29) is 29.4 Å². The van der Waals surface area contributed by atoms with Crippen molar-refractivity contribution in [2.24, 2.45) is 0 Å². The molecule has 0 bridgehead atoms. The molecule has 0 amide bonds. The first-order valence-electron chi connectivity index (χ1n) is 8.58. The Balaban J connectivity index is 2.18. The van der Waals surface area contributed by atoms with Crippen molar-refractivity contribution in [3.8, 4) is 0 Å². The van der Waals surface area contributed by atoms with Crippen LogP contribution in [0.2, 0.25) is 5.15 Å². The number of rotatable bonds is 3. The number of hydrogen-bond acceptors (Lipinski definition) is 3. The number of ketones is 1. The Morgan fingerprint density at radius 2 is 1.92 bits per heavy atom.